The zero-order valence-electron chi connectivity index (χ0n) is 11.5. The Labute approximate surface area is 126 Å². The smallest absolute Gasteiger partial charge is 0.259 e. The molecule has 8 heteroatoms. The van der Waals surface area contributed by atoms with E-state index < -0.39 is 0 Å². The van der Waals surface area contributed by atoms with E-state index >= 15 is 0 Å². The van der Waals surface area contributed by atoms with Gasteiger partial charge in [-0.15, -0.1) is 0 Å². The minimum atomic E-state index is -0.334. The number of anilines is 1. The molecule has 2 aromatic rings. The van der Waals surface area contributed by atoms with E-state index in [1.165, 1.54) is 6.07 Å². The van der Waals surface area contributed by atoms with Gasteiger partial charge in [-0.2, -0.15) is 5.10 Å². The number of aromatic nitrogens is 2. The van der Waals surface area contributed by atoms with Gasteiger partial charge in [0.2, 0.25) is 0 Å². The second-order valence-electron chi connectivity index (χ2n) is 4.44. The highest BCUT2D eigenvalue weighted by molar-refractivity contribution is 6.34. The van der Waals surface area contributed by atoms with Gasteiger partial charge in [-0.1, -0.05) is 16.8 Å². The van der Waals surface area contributed by atoms with Crippen molar-refractivity contribution in [2.45, 2.75) is 6.92 Å². The molecule has 4 N–H and O–H groups in total. The molecule has 110 valence electrons. The van der Waals surface area contributed by atoms with Crippen LogP contribution in [0.5, 0.6) is 0 Å². The SMILES string of the molecule is Cc1nn(C)cc1C(=O)Nc1cc(/C(N)=N/O)ccc1Cl. The summed E-state index contributed by atoms with van der Waals surface area (Å²) < 4.78 is 1.55. The zero-order valence-corrected chi connectivity index (χ0v) is 12.2. The van der Waals surface area contributed by atoms with Crippen LogP contribution in [0.2, 0.25) is 5.02 Å². The molecule has 1 aromatic heterocycles. The highest BCUT2D eigenvalue weighted by Crippen LogP contribution is 2.24. The highest BCUT2D eigenvalue weighted by atomic mass is 35.5. The molecule has 0 radical (unpaired) electrons. The fraction of sp³-hybridized carbons (Fsp3) is 0.154. The average Bonchev–Trinajstić information content (AvgIpc) is 2.79. The summed E-state index contributed by atoms with van der Waals surface area (Å²) in [6.07, 6.45) is 1.62. The lowest BCUT2D eigenvalue weighted by Gasteiger charge is -2.08. The first-order valence-corrected chi connectivity index (χ1v) is 6.39. The third-order valence-corrected chi connectivity index (χ3v) is 3.21. The zero-order chi connectivity index (χ0) is 15.6. The van der Waals surface area contributed by atoms with Crippen molar-refractivity contribution in [3.05, 3.63) is 46.2 Å². The summed E-state index contributed by atoms with van der Waals surface area (Å²) >= 11 is 6.04. The maximum absolute atomic E-state index is 12.2. The molecule has 0 saturated heterocycles. The van der Waals surface area contributed by atoms with E-state index in [0.29, 0.717) is 27.5 Å². The Kier molecular flexibility index (Phi) is 4.13. The maximum Gasteiger partial charge on any atom is 0.259 e. The molecule has 0 aliphatic carbocycles. The number of halogens is 1. The number of aryl methyl sites for hydroxylation is 2. The van der Waals surface area contributed by atoms with Crippen molar-refractivity contribution in [3.63, 3.8) is 0 Å². The largest absolute Gasteiger partial charge is 0.409 e. The molecule has 0 atom stereocenters. The Morgan fingerprint density at radius 1 is 1.52 bits per heavy atom. The molecule has 0 unspecified atom stereocenters. The van der Waals surface area contributed by atoms with Crippen LogP contribution in [0.3, 0.4) is 0 Å². The first kappa shape index (κ1) is 14.9. The van der Waals surface area contributed by atoms with E-state index in [9.17, 15) is 4.79 Å². The third kappa shape index (κ3) is 3.14. The van der Waals surface area contributed by atoms with Crippen LogP contribution < -0.4 is 11.1 Å². The second kappa shape index (κ2) is 5.84. The van der Waals surface area contributed by atoms with Crippen molar-refractivity contribution in [2.75, 3.05) is 5.32 Å². The normalized spacial score (nSPS) is 11.5. The summed E-state index contributed by atoms with van der Waals surface area (Å²) in [5.74, 6) is -0.404. The van der Waals surface area contributed by atoms with Crippen molar-refractivity contribution >= 4 is 29.0 Å². The van der Waals surface area contributed by atoms with Gasteiger partial charge in [0.05, 0.1) is 22.0 Å². The summed E-state index contributed by atoms with van der Waals surface area (Å²) in [5.41, 5.74) is 7.38. The van der Waals surface area contributed by atoms with E-state index in [1.807, 2.05) is 0 Å². The van der Waals surface area contributed by atoms with E-state index in [1.54, 1.807) is 37.0 Å². The van der Waals surface area contributed by atoms with Crippen LogP contribution >= 0.6 is 11.6 Å². The molecule has 1 aromatic carbocycles. The molecule has 2 rings (SSSR count). The number of nitrogens with one attached hydrogen (secondary N) is 1. The number of nitrogens with zero attached hydrogens (tertiary/aromatic N) is 3. The van der Waals surface area contributed by atoms with Crippen LogP contribution in [-0.2, 0) is 7.05 Å². The lowest BCUT2D eigenvalue weighted by atomic mass is 10.1. The standard InChI is InChI=1S/C13H14ClN5O2/c1-7-9(6-19(2)17-7)13(20)16-11-5-8(12(15)18-21)3-4-10(11)14/h3-6,21H,1-2H3,(H2,15,18)(H,16,20). The molecule has 1 heterocycles. The molecule has 7 nitrogen and oxygen atoms in total. The molecular formula is C13H14ClN5O2. The minimum absolute atomic E-state index is 0.0697. The van der Waals surface area contributed by atoms with Gasteiger partial charge >= 0.3 is 0 Å². The van der Waals surface area contributed by atoms with Crippen LogP contribution in [0.4, 0.5) is 5.69 Å². The van der Waals surface area contributed by atoms with E-state index in [0.717, 1.165) is 0 Å². The van der Waals surface area contributed by atoms with Gasteiger partial charge < -0.3 is 16.3 Å². The molecule has 0 spiro atoms. The fourth-order valence-electron chi connectivity index (χ4n) is 1.85. The average molecular weight is 308 g/mol. The summed E-state index contributed by atoms with van der Waals surface area (Å²) in [7, 11) is 1.73. The molecular weight excluding hydrogens is 294 g/mol. The lowest BCUT2D eigenvalue weighted by molar-refractivity contribution is 0.102. The number of rotatable bonds is 3. The number of carbonyl (C=O) groups is 1. The Bertz CT molecular complexity index is 723. The minimum Gasteiger partial charge on any atom is -0.409 e. The maximum atomic E-state index is 12.2. The van der Waals surface area contributed by atoms with Crippen LogP contribution in [0.1, 0.15) is 21.6 Å². The molecule has 0 bridgehead atoms. The lowest BCUT2D eigenvalue weighted by Crippen LogP contribution is -2.16. The van der Waals surface area contributed by atoms with Gasteiger partial charge in [0.25, 0.3) is 5.91 Å². The first-order valence-electron chi connectivity index (χ1n) is 6.01. The van der Waals surface area contributed by atoms with Gasteiger partial charge in [0, 0.05) is 18.8 Å². The monoisotopic (exact) mass is 307 g/mol. The van der Waals surface area contributed by atoms with E-state index in [-0.39, 0.29) is 11.7 Å². The van der Waals surface area contributed by atoms with Gasteiger partial charge in [-0.05, 0) is 25.1 Å². The number of amidine groups is 1. The van der Waals surface area contributed by atoms with Gasteiger partial charge in [-0.3, -0.25) is 9.48 Å². The van der Waals surface area contributed by atoms with Crippen molar-refractivity contribution in [1.29, 1.82) is 0 Å². The topological polar surface area (TPSA) is 106 Å². The number of hydrogen-bond donors (Lipinski definition) is 3. The van der Waals surface area contributed by atoms with Gasteiger partial charge in [0.15, 0.2) is 5.84 Å². The van der Waals surface area contributed by atoms with Crippen molar-refractivity contribution in [3.8, 4) is 0 Å². The van der Waals surface area contributed by atoms with Crippen LogP contribution in [0, 0.1) is 6.92 Å². The Morgan fingerprint density at radius 2 is 2.24 bits per heavy atom. The Balaban J connectivity index is 2.31. The quantitative estimate of drug-likeness (QED) is 0.347. The number of oxime groups is 1. The molecule has 0 aliphatic rings. The second-order valence-corrected chi connectivity index (χ2v) is 4.84. The summed E-state index contributed by atoms with van der Waals surface area (Å²) in [4.78, 5) is 12.2. The van der Waals surface area contributed by atoms with Crippen LogP contribution in [0.15, 0.2) is 29.6 Å². The highest BCUT2D eigenvalue weighted by Gasteiger charge is 2.14. The molecule has 21 heavy (non-hydrogen) atoms. The summed E-state index contributed by atoms with van der Waals surface area (Å²) in [6, 6.07) is 4.67. The molecule has 0 fully saturated rings. The fourth-order valence-corrected chi connectivity index (χ4v) is 2.02. The van der Waals surface area contributed by atoms with E-state index in [4.69, 9.17) is 22.5 Å². The van der Waals surface area contributed by atoms with Crippen LogP contribution in [0.25, 0.3) is 0 Å². The summed E-state index contributed by atoms with van der Waals surface area (Å²) in [6.45, 7) is 1.74. The van der Waals surface area contributed by atoms with Crippen LogP contribution in [-0.4, -0.2) is 26.7 Å². The van der Waals surface area contributed by atoms with E-state index in [2.05, 4.69) is 15.6 Å². The third-order valence-electron chi connectivity index (χ3n) is 2.88. The van der Waals surface area contributed by atoms with Crippen molar-refractivity contribution in [2.24, 2.45) is 17.9 Å². The first-order chi connectivity index (χ1) is 9.92. The number of hydrogen-bond acceptors (Lipinski definition) is 4. The van der Waals surface area contributed by atoms with Gasteiger partial charge in [0.1, 0.15) is 0 Å². The Morgan fingerprint density at radius 3 is 2.81 bits per heavy atom. The van der Waals surface area contributed by atoms with Crippen molar-refractivity contribution in [1.82, 2.24) is 9.78 Å². The summed E-state index contributed by atoms with van der Waals surface area (Å²) in [5, 5.41) is 18.7. The number of amides is 1. The number of carbonyl (C=O) groups excluding carboxylic acids is 1. The Hall–Kier alpha value is -2.54. The predicted molar refractivity (Wildman–Crippen MR) is 79.9 cm³/mol. The predicted octanol–water partition coefficient (Wildman–Crippen LogP) is 1.73. The molecule has 0 saturated carbocycles. The van der Waals surface area contributed by atoms with Gasteiger partial charge in [-0.25, -0.2) is 0 Å². The number of nitrogens with two attached hydrogens (primary N) is 1. The molecule has 1 amide bonds. The number of benzene rings is 1. The molecule has 0 aliphatic heterocycles. The van der Waals surface area contributed by atoms with Crippen molar-refractivity contribution < 1.29 is 10.0 Å².